The van der Waals surface area contributed by atoms with Crippen molar-refractivity contribution in [3.63, 3.8) is 0 Å². The molecule has 160 valence electrons. The van der Waals surface area contributed by atoms with E-state index in [2.05, 4.69) is 43.4 Å². The molecule has 4 rings (SSSR count). The minimum absolute atomic E-state index is 0.0341. The summed E-state index contributed by atoms with van der Waals surface area (Å²) in [6, 6.07) is 17.8. The molecular formula is C23H28N2O3S2. The molecule has 2 fully saturated rings. The van der Waals surface area contributed by atoms with Crippen molar-refractivity contribution < 1.29 is 14.3 Å². The van der Waals surface area contributed by atoms with Gasteiger partial charge in [0.2, 0.25) is 0 Å². The topological polar surface area (TPSA) is 42.0 Å². The Kier molecular flexibility index (Phi) is 5.83. The van der Waals surface area contributed by atoms with E-state index in [1.807, 2.05) is 47.4 Å². The van der Waals surface area contributed by atoms with E-state index in [9.17, 15) is 4.79 Å². The van der Waals surface area contributed by atoms with E-state index >= 15 is 0 Å². The minimum atomic E-state index is -0.538. The number of methoxy groups -OCH3 is 1. The summed E-state index contributed by atoms with van der Waals surface area (Å²) in [6.07, 6.45) is 4.15. The van der Waals surface area contributed by atoms with Crippen LogP contribution in [0.15, 0.2) is 54.6 Å². The van der Waals surface area contributed by atoms with Gasteiger partial charge in [0, 0.05) is 5.69 Å². The molecule has 30 heavy (non-hydrogen) atoms. The number of carbonyl (C=O) groups excluding carboxylic acids is 1. The molecule has 0 aromatic heterocycles. The van der Waals surface area contributed by atoms with Crippen LogP contribution < -0.4 is 9.64 Å². The maximum absolute atomic E-state index is 13.7. The molecule has 2 aliphatic rings. The van der Waals surface area contributed by atoms with Crippen molar-refractivity contribution in [1.82, 2.24) is 4.90 Å². The van der Waals surface area contributed by atoms with Crippen molar-refractivity contribution in [2.45, 2.75) is 35.9 Å². The quantitative estimate of drug-likeness (QED) is 0.479. The average Bonchev–Trinajstić information content (AvgIpc) is 3.07. The SMILES string of the molecule is COc1ccc(N2C(=O)[C@H](N3[C@@H](c4ccccc4)COC3(C)C)C2(SC)SC)cc1. The number of rotatable bonds is 6. The van der Waals surface area contributed by atoms with Gasteiger partial charge in [-0.15, -0.1) is 23.5 Å². The van der Waals surface area contributed by atoms with Crippen molar-refractivity contribution >= 4 is 35.1 Å². The Morgan fingerprint density at radius 1 is 1.03 bits per heavy atom. The molecule has 2 aliphatic heterocycles. The molecule has 0 N–H and O–H groups in total. The number of nitrogens with zero attached hydrogens (tertiary/aromatic N) is 2. The Bertz CT molecular complexity index is 900. The van der Waals surface area contributed by atoms with Crippen molar-refractivity contribution in [3.05, 3.63) is 60.2 Å². The second-order valence-corrected chi connectivity index (χ2v) is 10.2. The molecule has 1 amide bonds. The third kappa shape index (κ3) is 3.23. The molecule has 0 aliphatic carbocycles. The Labute approximate surface area is 187 Å². The van der Waals surface area contributed by atoms with Gasteiger partial charge in [0.1, 0.15) is 17.5 Å². The van der Waals surface area contributed by atoms with Gasteiger partial charge in [0.25, 0.3) is 5.91 Å². The smallest absolute Gasteiger partial charge is 0.250 e. The lowest BCUT2D eigenvalue weighted by molar-refractivity contribution is -0.143. The third-order valence-corrected chi connectivity index (χ3v) is 9.02. The van der Waals surface area contributed by atoms with Gasteiger partial charge in [0.05, 0.1) is 19.8 Å². The van der Waals surface area contributed by atoms with Gasteiger partial charge >= 0.3 is 0 Å². The molecule has 2 heterocycles. The number of ether oxygens (including phenoxy) is 2. The molecule has 7 heteroatoms. The van der Waals surface area contributed by atoms with Gasteiger partial charge in [-0.25, -0.2) is 0 Å². The predicted octanol–water partition coefficient (Wildman–Crippen LogP) is 4.60. The summed E-state index contributed by atoms with van der Waals surface area (Å²) in [7, 11) is 1.65. The molecule has 0 spiro atoms. The molecule has 0 bridgehead atoms. The van der Waals surface area contributed by atoms with E-state index in [-0.39, 0.29) is 18.0 Å². The van der Waals surface area contributed by atoms with Crippen LogP contribution in [0.4, 0.5) is 5.69 Å². The summed E-state index contributed by atoms with van der Waals surface area (Å²) in [5, 5.41) is 0. The van der Waals surface area contributed by atoms with Crippen LogP contribution in [0.25, 0.3) is 0 Å². The van der Waals surface area contributed by atoms with Crippen LogP contribution in [-0.4, -0.2) is 53.0 Å². The summed E-state index contributed by atoms with van der Waals surface area (Å²) < 4.78 is 11.0. The first-order chi connectivity index (χ1) is 14.4. The number of thioether (sulfide) groups is 2. The van der Waals surface area contributed by atoms with Gasteiger partial charge in [-0.2, -0.15) is 0 Å². The predicted molar refractivity (Wildman–Crippen MR) is 125 cm³/mol. The van der Waals surface area contributed by atoms with Crippen LogP contribution in [0, 0.1) is 0 Å². The molecule has 0 radical (unpaired) electrons. The molecule has 5 nitrogen and oxygen atoms in total. The standard InChI is InChI=1S/C23H28N2O3S2/c1-22(2)25(19(15-28-22)16-9-7-6-8-10-16)20-21(26)24(23(20,29-4)30-5)17-11-13-18(27-3)14-12-17/h6-14,19-20H,15H2,1-5H3/t19-,20+/m1/s1. The number of anilines is 1. The number of β-lactam (4-membered cyclic amide) rings is 1. The maximum atomic E-state index is 13.7. The van der Waals surface area contributed by atoms with Gasteiger partial charge in [0.15, 0.2) is 4.20 Å². The Balaban J connectivity index is 1.74. The largest absolute Gasteiger partial charge is 0.497 e. The zero-order valence-electron chi connectivity index (χ0n) is 18.0. The van der Waals surface area contributed by atoms with Crippen LogP contribution >= 0.6 is 23.5 Å². The van der Waals surface area contributed by atoms with Crippen LogP contribution in [0.1, 0.15) is 25.5 Å². The first-order valence-corrected chi connectivity index (χ1v) is 12.4. The number of hydrogen-bond donors (Lipinski definition) is 0. The maximum Gasteiger partial charge on any atom is 0.250 e. The Hall–Kier alpha value is -1.67. The lowest BCUT2D eigenvalue weighted by Gasteiger charge is -2.60. The van der Waals surface area contributed by atoms with Gasteiger partial charge in [-0.05, 0) is 56.2 Å². The number of carbonyl (C=O) groups is 1. The second-order valence-electron chi connectivity index (χ2n) is 7.90. The second kappa shape index (κ2) is 8.11. The average molecular weight is 445 g/mol. The molecule has 2 aromatic carbocycles. The summed E-state index contributed by atoms with van der Waals surface area (Å²) >= 11 is 3.42. The fourth-order valence-corrected chi connectivity index (χ4v) is 6.84. The molecule has 0 saturated carbocycles. The van der Waals surface area contributed by atoms with E-state index in [4.69, 9.17) is 9.47 Å². The first-order valence-electron chi connectivity index (χ1n) is 9.95. The fraction of sp³-hybridized carbons (Fsp3) is 0.435. The van der Waals surface area contributed by atoms with E-state index in [0.717, 1.165) is 11.4 Å². The monoisotopic (exact) mass is 444 g/mol. The van der Waals surface area contributed by atoms with Crippen molar-refractivity contribution in [1.29, 1.82) is 0 Å². The van der Waals surface area contributed by atoms with E-state index < -0.39 is 9.93 Å². The van der Waals surface area contributed by atoms with Gasteiger partial charge in [-0.3, -0.25) is 14.6 Å². The molecule has 0 unspecified atom stereocenters. The van der Waals surface area contributed by atoms with Crippen LogP contribution in [0.5, 0.6) is 5.75 Å². The van der Waals surface area contributed by atoms with Crippen LogP contribution in [0.2, 0.25) is 0 Å². The first kappa shape index (κ1) is 21.6. The van der Waals surface area contributed by atoms with Crippen LogP contribution in [-0.2, 0) is 9.53 Å². The normalized spacial score (nSPS) is 25.2. The summed E-state index contributed by atoms with van der Waals surface area (Å²) in [4.78, 5) is 17.9. The number of amides is 1. The Morgan fingerprint density at radius 3 is 2.23 bits per heavy atom. The molecular weight excluding hydrogens is 416 g/mol. The third-order valence-electron chi connectivity index (χ3n) is 6.04. The highest BCUT2D eigenvalue weighted by atomic mass is 32.2. The Morgan fingerprint density at radius 2 is 1.67 bits per heavy atom. The van der Waals surface area contributed by atoms with E-state index in [0.29, 0.717) is 6.61 Å². The minimum Gasteiger partial charge on any atom is -0.497 e. The molecule has 2 aromatic rings. The van der Waals surface area contributed by atoms with E-state index in [1.54, 1.807) is 30.6 Å². The van der Waals surface area contributed by atoms with Crippen molar-refractivity contribution in [2.75, 3.05) is 31.1 Å². The number of hydrogen-bond acceptors (Lipinski definition) is 6. The highest BCUT2D eigenvalue weighted by molar-refractivity contribution is 8.18. The van der Waals surface area contributed by atoms with Crippen molar-refractivity contribution in [3.8, 4) is 5.75 Å². The zero-order valence-corrected chi connectivity index (χ0v) is 19.6. The van der Waals surface area contributed by atoms with Gasteiger partial charge < -0.3 is 9.47 Å². The lowest BCUT2D eigenvalue weighted by atomic mass is 9.96. The van der Waals surface area contributed by atoms with Gasteiger partial charge in [-0.1, -0.05) is 30.3 Å². The summed E-state index contributed by atoms with van der Waals surface area (Å²) in [6.45, 7) is 4.69. The lowest BCUT2D eigenvalue weighted by Crippen LogP contribution is -2.78. The fourth-order valence-electron chi connectivity index (χ4n) is 4.55. The number of benzene rings is 2. The molecule has 2 atom stereocenters. The highest BCUT2D eigenvalue weighted by Gasteiger charge is 2.67. The highest BCUT2D eigenvalue weighted by Crippen LogP contribution is 2.56. The zero-order chi connectivity index (χ0) is 21.5. The summed E-state index contributed by atoms with van der Waals surface area (Å²) in [5.74, 6) is 0.878. The van der Waals surface area contributed by atoms with E-state index in [1.165, 1.54) is 5.56 Å². The summed E-state index contributed by atoms with van der Waals surface area (Å²) in [5.41, 5.74) is 1.52. The van der Waals surface area contributed by atoms with Crippen molar-refractivity contribution in [2.24, 2.45) is 0 Å². The van der Waals surface area contributed by atoms with Crippen LogP contribution in [0.3, 0.4) is 0 Å². The molecule has 2 saturated heterocycles.